The lowest BCUT2D eigenvalue weighted by Crippen LogP contribution is -2.39. The number of hydrogen-bond acceptors (Lipinski definition) is 5. The fourth-order valence-corrected chi connectivity index (χ4v) is 4.10. The van der Waals surface area contributed by atoms with E-state index in [2.05, 4.69) is 0 Å². The first-order chi connectivity index (χ1) is 14.1. The molecule has 2 aromatic carbocycles. The monoisotopic (exact) mass is 432 g/mol. The zero-order valence-electron chi connectivity index (χ0n) is 15.0. The number of carbonyl (C=O) groups excluding carboxylic acids is 1. The van der Waals surface area contributed by atoms with E-state index in [1.54, 1.807) is 11.0 Å². The van der Waals surface area contributed by atoms with Gasteiger partial charge >= 0.3 is 6.18 Å². The first kappa shape index (κ1) is 19.8. The van der Waals surface area contributed by atoms with Crippen LogP contribution in [-0.4, -0.2) is 26.9 Å². The maximum Gasteiger partial charge on any atom is 0.417 e. The van der Waals surface area contributed by atoms with Gasteiger partial charge in [-0.2, -0.15) is 18.4 Å². The van der Waals surface area contributed by atoms with Gasteiger partial charge in [-0.3, -0.25) is 19.8 Å². The summed E-state index contributed by atoms with van der Waals surface area (Å²) in [4.78, 5) is 26.1. The summed E-state index contributed by atoms with van der Waals surface area (Å²) in [5.74, 6) is -0.519. The van der Waals surface area contributed by atoms with Crippen LogP contribution in [0.4, 0.5) is 24.5 Å². The predicted molar refractivity (Wildman–Crippen MR) is 102 cm³/mol. The summed E-state index contributed by atoms with van der Waals surface area (Å²) in [5.41, 5.74) is -0.512. The Kier molecular flexibility index (Phi) is 4.47. The molecule has 2 aliphatic heterocycles. The van der Waals surface area contributed by atoms with Crippen LogP contribution in [0.1, 0.15) is 22.3 Å². The molecule has 152 valence electrons. The molecule has 11 heteroatoms. The molecule has 0 saturated carbocycles. The predicted octanol–water partition coefficient (Wildman–Crippen LogP) is 3.54. The Labute approximate surface area is 173 Å². The molecule has 1 fully saturated rings. The fraction of sp³-hybridized carbons (Fsp3) is 0.211. The lowest BCUT2D eigenvalue weighted by molar-refractivity contribution is -0.384. The van der Waals surface area contributed by atoms with Crippen molar-refractivity contribution in [2.24, 2.45) is 0 Å². The Hall–Kier alpha value is -3.52. The van der Waals surface area contributed by atoms with E-state index in [0.29, 0.717) is 5.56 Å². The Morgan fingerprint density at radius 3 is 2.57 bits per heavy atom. The molecule has 0 aliphatic carbocycles. The van der Waals surface area contributed by atoms with Gasteiger partial charge in [0.05, 0.1) is 27.8 Å². The third-order valence-electron chi connectivity index (χ3n) is 5.16. The number of amides is 1. The summed E-state index contributed by atoms with van der Waals surface area (Å²) in [5, 5.41) is 20.0. The zero-order valence-corrected chi connectivity index (χ0v) is 15.8. The minimum absolute atomic E-state index is 0.0480. The van der Waals surface area contributed by atoms with E-state index in [0.717, 1.165) is 22.6 Å². The number of fused-ring (bicyclic) bond motifs is 2. The highest BCUT2D eigenvalue weighted by molar-refractivity contribution is 7.80. The van der Waals surface area contributed by atoms with Gasteiger partial charge in [-0.1, -0.05) is 6.07 Å². The van der Waals surface area contributed by atoms with Gasteiger partial charge < -0.3 is 4.90 Å². The number of alkyl halides is 3. The van der Waals surface area contributed by atoms with E-state index >= 15 is 0 Å². The highest BCUT2D eigenvalue weighted by Crippen LogP contribution is 2.38. The first-order valence-corrected chi connectivity index (χ1v) is 9.04. The van der Waals surface area contributed by atoms with Crippen LogP contribution < -0.4 is 4.90 Å². The minimum Gasteiger partial charge on any atom is -0.332 e. The van der Waals surface area contributed by atoms with Crippen LogP contribution in [0.2, 0.25) is 0 Å². The van der Waals surface area contributed by atoms with Crippen LogP contribution in [-0.2, 0) is 23.9 Å². The number of nitro benzene ring substituents is 1. The normalized spacial score (nSPS) is 18.1. The number of benzene rings is 2. The van der Waals surface area contributed by atoms with Gasteiger partial charge in [0.25, 0.3) is 11.6 Å². The highest BCUT2D eigenvalue weighted by Gasteiger charge is 2.46. The molecule has 1 amide bonds. The largest absolute Gasteiger partial charge is 0.417 e. The average Bonchev–Trinajstić information content (AvgIpc) is 2.94. The van der Waals surface area contributed by atoms with E-state index in [4.69, 9.17) is 17.5 Å². The van der Waals surface area contributed by atoms with Crippen LogP contribution in [0, 0.1) is 21.4 Å². The minimum atomic E-state index is -4.77. The van der Waals surface area contributed by atoms with Crippen LogP contribution in [0.3, 0.4) is 0 Å². The molecule has 7 nitrogen and oxygen atoms in total. The molecule has 0 spiro atoms. The highest BCUT2D eigenvalue weighted by atomic mass is 32.1. The Morgan fingerprint density at radius 2 is 1.93 bits per heavy atom. The summed E-state index contributed by atoms with van der Waals surface area (Å²) >= 11 is 5.37. The van der Waals surface area contributed by atoms with Crippen molar-refractivity contribution >= 4 is 34.6 Å². The molecule has 30 heavy (non-hydrogen) atoms. The van der Waals surface area contributed by atoms with Crippen molar-refractivity contribution in [3.63, 3.8) is 0 Å². The number of halogens is 3. The van der Waals surface area contributed by atoms with E-state index in [1.807, 2.05) is 0 Å². The average molecular weight is 432 g/mol. The standard InChI is InChI=1S/C19H11F3N4O3S/c20-19(21,22)15-7-13(3-1-10(15)8-23)25-17(27)16-6-12-5-14(26(28)29)4-2-11(12)9-24(16)18(25)30/h1-5,7,16H,6,9H2. The molecule has 1 saturated heterocycles. The lowest BCUT2D eigenvalue weighted by atomic mass is 9.94. The second kappa shape index (κ2) is 6.77. The Bertz CT molecular complexity index is 1160. The molecule has 2 heterocycles. The van der Waals surface area contributed by atoms with Crippen molar-refractivity contribution in [1.29, 1.82) is 5.26 Å². The number of nitro groups is 1. The number of nitrogens with zero attached hydrogens (tertiary/aromatic N) is 4. The molecular weight excluding hydrogens is 421 g/mol. The number of anilines is 1. The van der Waals surface area contributed by atoms with Gasteiger partial charge in [0, 0.05) is 25.1 Å². The number of nitriles is 1. The molecule has 0 radical (unpaired) electrons. The summed E-state index contributed by atoms with van der Waals surface area (Å²) in [6, 6.07) is 8.05. The van der Waals surface area contributed by atoms with Crippen molar-refractivity contribution in [3.8, 4) is 6.07 Å². The van der Waals surface area contributed by atoms with E-state index < -0.39 is 34.2 Å². The van der Waals surface area contributed by atoms with E-state index in [1.165, 1.54) is 24.3 Å². The van der Waals surface area contributed by atoms with Crippen molar-refractivity contribution in [3.05, 3.63) is 68.8 Å². The molecule has 1 atom stereocenters. The van der Waals surface area contributed by atoms with Gasteiger partial charge in [-0.05, 0) is 41.5 Å². The maximum absolute atomic E-state index is 13.3. The number of hydrogen-bond donors (Lipinski definition) is 0. The van der Waals surface area contributed by atoms with Crippen LogP contribution in [0.5, 0.6) is 0 Å². The molecule has 4 rings (SSSR count). The van der Waals surface area contributed by atoms with Crippen molar-refractivity contribution in [2.45, 2.75) is 25.2 Å². The maximum atomic E-state index is 13.3. The number of thiocarbonyl (C=S) groups is 1. The van der Waals surface area contributed by atoms with Gasteiger partial charge in [-0.25, -0.2) is 0 Å². The van der Waals surface area contributed by atoms with Gasteiger partial charge in [-0.15, -0.1) is 0 Å². The number of rotatable bonds is 2. The molecule has 1 unspecified atom stereocenters. The molecular formula is C19H11F3N4O3S. The number of non-ortho nitro benzene ring substituents is 1. The van der Waals surface area contributed by atoms with Crippen LogP contribution in [0.25, 0.3) is 0 Å². The zero-order chi connectivity index (χ0) is 21.8. The summed E-state index contributed by atoms with van der Waals surface area (Å²) in [6.07, 6.45) is -4.62. The third kappa shape index (κ3) is 3.05. The lowest BCUT2D eigenvalue weighted by Gasteiger charge is -2.30. The summed E-state index contributed by atoms with van der Waals surface area (Å²) in [7, 11) is 0. The first-order valence-electron chi connectivity index (χ1n) is 8.64. The summed E-state index contributed by atoms with van der Waals surface area (Å²) < 4.78 is 40.0. The van der Waals surface area contributed by atoms with Crippen LogP contribution in [0.15, 0.2) is 36.4 Å². The molecule has 0 aromatic heterocycles. The van der Waals surface area contributed by atoms with Gasteiger partial charge in [0.1, 0.15) is 6.04 Å². The topological polar surface area (TPSA) is 90.5 Å². The quantitative estimate of drug-likeness (QED) is 0.410. The van der Waals surface area contributed by atoms with Crippen molar-refractivity contribution in [1.82, 2.24) is 4.90 Å². The second-order valence-corrected chi connectivity index (χ2v) is 7.22. The SMILES string of the molecule is N#Cc1ccc(N2C(=O)C3Cc4cc([N+](=O)[O-])ccc4CN3C2=S)cc1C(F)(F)F. The van der Waals surface area contributed by atoms with Gasteiger partial charge in [0.2, 0.25) is 0 Å². The van der Waals surface area contributed by atoms with Crippen molar-refractivity contribution < 1.29 is 22.9 Å². The molecule has 0 bridgehead atoms. The summed E-state index contributed by atoms with van der Waals surface area (Å²) in [6.45, 7) is 0.210. The second-order valence-electron chi connectivity index (χ2n) is 6.85. The van der Waals surface area contributed by atoms with E-state index in [-0.39, 0.29) is 29.5 Å². The Morgan fingerprint density at radius 1 is 1.20 bits per heavy atom. The van der Waals surface area contributed by atoms with Crippen LogP contribution >= 0.6 is 12.2 Å². The fourth-order valence-electron chi connectivity index (χ4n) is 3.72. The van der Waals surface area contributed by atoms with Crippen molar-refractivity contribution in [2.75, 3.05) is 4.90 Å². The Balaban J connectivity index is 1.71. The molecule has 0 N–H and O–H groups in total. The number of carbonyl (C=O) groups is 1. The van der Waals surface area contributed by atoms with E-state index in [9.17, 15) is 28.1 Å². The molecule has 2 aliphatic rings. The third-order valence-corrected chi connectivity index (χ3v) is 5.58. The smallest absolute Gasteiger partial charge is 0.332 e. The van der Waals surface area contributed by atoms with Gasteiger partial charge in [0.15, 0.2) is 5.11 Å². The molecule has 2 aromatic rings.